The highest BCUT2D eigenvalue weighted by molar-refractivity contribution is 6.09. The van der Waals surface area contributed by atoms with Crippen molar-refractivity contribution >= 4 is 33.9 Å². The lowest BCUT2D eigenvalue weighted by Gasteiger charge is -2.09. The van der Waals surface area contributed by atoms with E-state index in [4.69, 9.17) is 18.6 Å². The third kappa shape index (κ3) is 4.48. The van der Waals surface area contributed by atoms with E-state index in [1.54, 1.807) is 19.9 Å². The molecular weight excluding hydrogens is 396 g/mol. The van der Waals surface area contributed by atoms with E-state index in [0.717, 1.165) is 33.9 Å². The lowest BCUT2D eigenvalue weighted by Crippen LogP contribution is -2.09. The number of hydrogen-bond donors (Lipinski definition) is 0. The summed E-state index contributed by atoms with van der Waals surface area (Å²) in [4.78, 5) is 23.5. The molecule has 0 N–H and O–H groups in total. The quantitative estimate of drug-likeness (QED) is 0.208. The summed E-state index contributed by atoms with van der Waals surface area (Å²) >= 11 is 0. The molecule has 1 aromatic heterocycles. The Morgan fingerprint density at radius 2 is 1.61 bits per heavy atom. The molecule has 0 saturated heterocycles. The molecule has 2 aromatic carbocycles. The maximum absolute atomic E-state index is 11.9. The van der Waals surface area contributed by atoms with Gasteiger partial charge in [-0.1, -0.05) is 25.3 Å². The van der Waals surface area contributed by atoms with Gasteiger partial charge in [-0.05, 0) is 56.9 Å². The lowest BCUT2D eigenvalue weighted by atomic mass is 10.0. The van der Waals surface area contributed by atoms with Gasteiger partial charge in [0.2, 0.25) is 5.75 Å². The highest BCUT2D eigenvalue weighted by atomic mass is 16.6. The van der Waals surface area contributed by atoms with Gasteiger partial charge in [0, 0.05) is 21.9 Å². The predicted molar refractivity (Wildman–Crippen MR) is 120 cm³/mol. The fraction of sp³-hybridized carbons (Fsp3) is 0.280. The van der Waals surface area contributed by atoms with Crippen LogP contribution in [0.25, 0.3) is 21.9 Å². The van der Waals surface area contributed by atoms with Crippen LogP contribution >= 0.6 is 0 Å². The SMILES string of the molecule is C=C(C)C(=O)OCCCc1ccc2c(oc3c(OC)c(OC(=O)C(=C)C)ccc32)c1C. The molecule has 0 bridgehead atoms. The Balaban J connectivity index is 1.92. The van der Waals surface area contributed by atoms with Crippen molar-refractivity contribution in [3.63, 3.8) is 0 Å². The van der Waals surface area contributed by atoms with Crippen molar-refractivity contribution < 1.29 is 28.2 Å². The monoisotopic (exact) mass is 422 g/mol. The van der Waals surface area contributed by atoms with E-state index in [1.165, 1.54) is 7.11 Å². The molecule has 0 fully saturated rings. The van der Waals surface area contributed by atoms with Gasteiger partial charge in [0.25, 0.3) is 0 Å². The van der Waals surface area contributed by atoms with Gasteiger partial charge >= 0.3 is 11.9 Å². The van der Waals surface area contributed by atoms with Gasteiger partial charge in [0.15, 0.2) is 11.3 Å². The largest absolute Gasteiger partial charge is 0.490 e. The van der Waals surface area contributed by atoms with E-state index in [-0.39, 0.29) is 11.7 Å². The Hall–Kier alpha value is -3.54. The number of methoxy groups -OCH3 is 1. The number of carbonyl (C=O) groups excluding carboxylic acids is 2. The van der Waals surface area contributed by atoms with E-state index >= 15 is 0 Å². The van der Waals surface area contributed by atoms with Gasteiger partial charge < -0.3 is 18.6 Å². The van der Waals surface area contributed by atoms with Crippen LogP contribution in [0.3, 0.4) is 0 Å². The smallest absolute Gasteiger partial charge is 0.338 e. The number of benzene rings is 2. The van der Waals surface area contributed by atoms with Crippen LogP contribution in [0.4, 0.5) is 0 Å². The number of aryl methyl sites for hydroxylation is 2. The molecule has 0 radical (unpaired) electrons. The predicted octanol–water partition coefficient (Wildman–Crippen LogP) is 5.44. The first-order chi connectivity index (χ1) is 14.7. The topological polar surface area (TPSA) is 75.0 Å². The molecule has 31 heavy (non-hydrogen) atoms. The summed E-state index contributed by atoms with van der Waals surface area (Å²) in [5.74, 6) is -0.269. The second kappa shape index (κ2) is 9.08. The van der Waals surface area contributed by atoms with Crippen molar-refractivity contribution in [1.29, 1.82) is 0 Å². The van der Waals surface area contributed by atoms with E-state index in [0.29, 0.717) is 35.5 Å². The van der Waals surface area contributed by atoms with Crippen LogP contribution in [-0.2, 0) is 20.7 Å². The summed E-state index contributed by atoms with van der Waals surface area (Å²) in [6, 6.07) is 7.59. The highest BCUT2D eigenvalue weighted by Gasteiger charge is 2.20. The third-order valence-electron chi connectivity index (χ3n) is 5.02. The molecular formula is C25H26O6. The maximum Gasteiger partial charge on any atom is 0.338 e. The van der Waals surface area contributed by atoms with Crippen LogP contribution in [0.15, 0.2) is 53.0 Å². The Bertz CT molecular complexity index is 1200. The Morgan fingerprint density at radius 3 is 2.26 bits per heavy atom. The molecule has 0 aliphatic heterocycles. The zero-order valence-corrected chi connectivity index (χ0v) is 18.3. The van der Waals surface area contributed by atoms with Crippen LogP contribution in [-0.4, -0.2) is 25.7 Å². The zero-order valence-electron chi connectivity index (χ0n) is 18.3. The van der Waals surface area contributed by atoms with E-state index in [1.807, 2.05) is 19.1 Å². The fourth-order valence-corrected chi connectivity index (χ4v) is 3.32. The average Bonchev–Trinajstić information content (AvgIpc) is 3.11. The van der Waals surface area contributed by atoms with Crippen molar-refractivity contribution in [2.45, 2.75) is 33.6 Å². The summed E-state index contributed by atoms with van der Waals surface area (Å²) in [5, 5.41) is 1.81. The number of rotatable bonds is 8. The minimum absolute atomic E-state index is 0.277. The van der Waals surface area contributed by atoms with Gasteiger partial charge in [0.05, 0.1) is 13.7 Å². The number of hydrogen-bond acceptors (Lipinski definition) is 6. The summed E-state index contributed by atoms with van der Waals surface area (Å²) < 4.78 is 22.2. The summed E-state index contributed by atoms with van der Waals surface area (Å²) in [6.07, 6.45) is 1.43. The summed E-state index contributed by atoms with van der Waals surface area (Å²) in [6.45, 7) is 12.7. The molecule has 6 heteroatoms. The van der Waals surface area contributed by atoms with Gasteiger partial charge in [-0.3, -0.25) is 0 Å². The van der Waals surface area contributed by atoms with Crippen molar-refractivity contribution in [1.82, 2.24) is 0 Å². The molecule has 0 spiro atoms. The average molecular weight is 422 g/mol. The molecule has 0 amide bonds. The molecule has 0 saturated carbocycles. The van der Waals surface area contributed by atoms with Crippen molar-refractivity contribution in [3.05, 3.63) is 59.7 Å². The molecule has 6 nitrogen and oxygen atoms in total. The molecule has 0 unspecified atom stereocenters. The van der Waals surface area contributed by atoms with Crippen molar-refractivity contribution in [2.75, 3.05) is 13.7 Å². The Morgan fingerprint density at radius 1 is 0.968 bits per heavy atom. The number of furan rings is 1. The normalized spacial score (nSPS) is 10.8. The van der Waals surface area contributed by atoms with Crippen molar-refractivity contribution in [3.8, 4) is 11.5 Å². The van der Waals surface area contributed by atoms with Gasteiger partial charge in [-0.15, -0.1) is 0 Å². The second-order valence-electron chi connectivity index (χ2n) is 7.49. The van der Waals surface area contributed by atoms with Gasteiger partial charge in [-0.2, -0.15) is 0 Å². The van der Waals surface area contributed by atoms with Crippen LogP contribution < -0.4 is 9.47 Å². The fourth-order valence-electron chi connectivity index (χ4n) is 3.32. The standard InChI is InChI=1S/C25H26O6/c1-14(2)24(26)29-13-7-8-17-9-10-18-19-11-12-20(30-25(27)15(3)4)23(28-6)22(19)31-21(18)16(17)5/h9-12H,1,3,7-8,13H2,2,4-6H3. The van der Waals surface area contributed by atoms with E-state index in [2.05, 4.69) is 19.2 Å². The summed E-state index contributed by atoms with van der Waals surface area (Å²) in [5.41, 5.74) is 4.05. The van der Waals surface area contributed by atoms with Crippen LogP contribution in [0.1, 0.15) is 31.4 Å². The maximum atomic E-state index is 11.9. The van der Waals surface area contributed by atoms with E-state index < -0.39 is 5.97 Å². The first-order valence-electron chi connectivity index (χ1n) is 9.96. The molecule has 162 valence electrons. The molecule has 0 aliphatic carbocycles. The first kappa shape index (κ1) is 22.2. The number of esters is 2. The molecule has 3 aromatic rings. The Labute approximate surface area is 181 Å². The van der Waals surface area contributed by atoms with Gasteiger partial charge in [-0.25, -0.2) is 9.59 Å². The molecule has 1 heterocycles. The zero-order chi connectivity index (χ0) is 22.7. The minimum Gasteiger partial charge on any atom is -0.490 e. The number of fused-ring (bicyclic) bond motifs is 3. The molecule has 0 aliphatic rings. The number of ether oxygens (including phenoxy) is 3. The first-order valence-corrected chi connectivity index (χ1v) is 9.96. The Kier molecular flexibility index (Phi) is 6.49. The van der Waals surface area contributed by atoms with Crippen LogP contribution in [0.5, 0.6) is 11.5 Å². The molecule has 0 atom stereocenters. The number of carbonyl (C=O) groups is 2. The van der Waals surface area contributed by atoms with Crippen molar-refractivity contribution in [2.24, 2.45) is 0 Å². The third-order valence-corrected chi connectivity index (χ3v) is 5.02. The minimum atomic E-state index is -0.528. The van der Waals surface area contributed by atoms with Crippen LogP contribution in [0, 0.1) is 6.92 Å². The van der Waals surface area contributed by atoms with Gasteiger partial charge in [0.1, 0.15) is 5.58 Å². The lowest BCUT2D eigenvalue weighted by molar-refractivity contribution is -0.139. The van der Waals surface area contributed by atoms with Crippen LogP contribution in [0.2, 0.25) is 0 Å². The second-order valence-corrected chi connectivity index (χ2v) is 7.49. The molecule has 3 rings (SSSR count). The highest BCUT2D eigenvalue weighted by Crippen LogP contribution is 2.42. The van der Waals surface area contributed by atoms with E-state index in [9.17, 15) is 9.59 Å². The summed E-state index contributed by atoms with van der Waals surface area (Å²) in [7, 11) is 1.50.